The van der Waals surface area contributed by atoms with Crippen molar-refractivity contribution < 1.29 is 23.5 Å². The number of aromatic carboxylic acids is 1. The van der Waals surface area contributed by atoms with Crippen molar-refractivity contribution in [2.45, 2.75) is 38.6 Å². The van der Waals surface area contributed by atoms with Crippen molar-refractivity contribution in [2.24, 2.45) is 0 Å². The van der Waals surface area contributed by atoms with Gasteiger partial charge in [-0.1, -0.05) is 0 Å². The van der Waals surface area contributed by atoms with Crippen LogP contribution in [0.2, 0.25) is 0 Å². The summed E-state index contributed by atoms with van der Waals surface area (Å²) in [7, 11) is 0. The van der Waals surface area contributed by atoms with Crippen LogP contribution in [-0.2, 0) is 11.2 Å². The molecule has 1 aromatic carbocycles. The van der Waals surface area contributed by atoms with Crippen LogP contribution in [-0.4, -0.2) is 44.8 Å². The van der Waals surface area contributed by atoms with E-state index in [1.165, 1.54) is 6.20 Å². The minimum absolute atomic E-state index is 0.0443. The van der Waals surface area contributed by atoms with Crippen LogP contribution in [0.4, 0.5) is 8.78 Å². The first-order chi connectivity index (χ1) is 12.9. The highest BCUT2D eigenvalue weighted by Crippen LogP contribution is 2.25. The predicted octanol–water partition coefficient (Wildman–Crippen LogP) is 2.96. The number of rotatable bonds is 5. The quantitative estimate of drug-likeness (QED) is 0.869. The molecule has 144 valence electrons. The van der Waals surface area contributed by atoms with Gasteiger partial charge in [-0.05, 0) is 49.9 Å². The third-order valence-electron chi connectivity index (χ3n) is 5.05. The molecule has 27 heavy (non-hydrogen) atoms. The Balaban J connectivity index is 1.55. The first-order valence-corrected chi connectivity index (χ1v) is 8.86. The van der Waals surface area contributed by atoms with E-state index < -0.39 is 17.6 Å². The molecule has 0 atom stereocenters. The van der Waals surface area contributed by atoms with Crippen molar-refractivity contribution >= 4 is 11.9 Å². The van der Waals surface area contributed by atoms with E-state index in [-0.39, 0.29) is 35.9 Å². The number of hydrogen-bond donors (Lipinski definition) is 1. The fraction of sp³-hybridized carbons (Fsp3) is 0.421. The van der Waals surface area contributed by atoms with Gasteiger partial charge in [-0.2, -0.15) is 5.10 Å². The zero-order valence-corrected chi connectivity index (χ0v) is 15.0. The number of hydrogen-bond acceptors (Lipinski definition) is 3. The molecule has 1 saturated heterocycles. The Morgan fingerprint density at radius 1 is 1.26 bits per heavy atom. The number of halogens is 2. The van der Waals surface area contributed by atoms with Crippen LogP contribution in [0.25, 0.3) is 0 Å². The first-order valence-electron chi connectivity index (χ1n) is 8.86. The van der Waals surface area contributed by atoms with E-state index in [1.807, 2.05) is 0 Å². The summed E-state index contributed by atoms with van der Waals surface area (Å²) in [5.74, 6) is -2.13. The molecule has 3 rings (SSSR count). The minimum atomic E-state index is -1.00. The van der Waals surface area contributed by atoms with Gasteiger partial charge in [0.1, 0.15) is 17.2 Å². The van der Waals surface area contributed by atoms with Crippen LogP contribution in [0.15, 0.2) is 24.4 Å². The molecule has 1 aliphatic rings. The average molecular weight is 377 g/mol. The van der Waals surface area contributed by atoms with E-state index in [0.717, 1.165) is 18.2 Å². The molecule has 2 heterocycles. The topological polar surface area (TPSA) is 75.4 Å². The summed E-state index contributed by atoms with van der Waals surface area (Å²) in [5.41, 5.74) is 0.992. The van der Waals surface area contributed by atoms with Crippen molar-refractivity contribution in [3.8, 4) is 0 Å². The second-order valence-corrected chi connectivity index (χ2v) is 6.74. The van der Waals surface area contributed by atoms with E-state index in [2.05, 4.69) is 5.10 Å². The molecule has 0 spiro atoms. The van der Waals surface area contributed by atoms with Crippen LogP contribution in [0, 0.1) is 18.6 Å². The highest BCUT2D eigenvalue weighted by atomic mass is 19.1. The molecule has 1 fully saturated rings. The monoisotopic (exact) mass is 377 g/mol. The molecule has 8 heteroatoms. The maximum absolute atomic E-state index is 13.7. The van der Waals surface area contributed by atoms with E-state index in [4.69, 9.17) is 5.11 Å². The first kappa shape index (κ1) is 19.0. The number of benzene rings is 1. The molecular formula is C19H21F2N3O3. The van der Waals surface area contributed by atoms with Crippen LogP contribution in [0.1, 0.15) is 46.9 Å². The van der Waals surface area contributed by atoms with Gasteiger partial charge in [0.25, 0.3) is 0 Å². The Morgan fingerprint density at radius 2 is 1.96 bits per heavy atom. The summed E-state index contributed by atoms with van der Waals surface area (Å²) in [4.78, 5) is 25.2. The molecule has 1 aliphatic heterocycles. The summed E-state index contributed by atoms with van der Waals surface area (Å²) >= 11 is 0. The van der Waals surface area contributed by atoms with Gasteiger partial charge in [-0.15, -0.1) is 0 Å². The van der Waals surface area contributed by atoms with Crippen molar-refractivity contribution in [1.82, 2.24) is 14.7 Å². The van der Waals surface area contributed by atoms with Gasteiger partial charge < -0.3 is 10.0 Å². The number of carbonyl (C=O) groups is 2. The molecule has 0 saturated carbocycles. The molecular weight excluding hydrogens is 356 g/mol. The fourth-order valence-electron chi connectivity index (χ4n) is 3.50. The molecule has 1 aromatic heterocycles. The highest BCUT2D eigenvalue weighted by molar-refractivity contribution is 5.88. The van der Waals surface area contributed by atoms with Gasteiger partial charge in [0, 0.05) is 19.5 Å². The van der Waals surface area contributed by atoms with Gasteiger partial charge in [-0.3, -0.25) is 9.48 Å². The number of likely N-dealkylation sites (tertiary alicyclic amines) is 1. The lowest BCUT2D eigenvalue weighted by Crippen LogP contribution is -2.39. The van der Waals surface area contributed by atoms with E-state index >= 15 is 0 Å². The Kier molecular flexibility index (Phi) is 5.53. The molecule has 6 nitrogen and oxygen atoms in total. The number of carboxylic acid groups (broad SMARTS) is 1. The Bertz CT molecular complexity index is 858. The summed E-state index contributed by atoms with van der Waals surface area (Å²) in [6, 6.07) is 3.29. The van der Waals surface area contributed by atoms with Crippen molar-refractivity contribution in [3.63, 3.8) is 0 Å². The van der Waals surface area contributed by atoms with Gasteiger partial charge in [0.05, 0.1) is 17.9 Å². The molecule has 0 radical (unpaired) electrons. The summed E-state index contributed by atoms with van der Waals surface area (Å²) in [6.07, 6.45) is 2.96. The summed E-state index contributed by atoms with van der Waals surface area (Å²) < 4.78 is 28.6. The zero-order valence-electron chi connectivity index (χ0n) is 15.0. The van der Waals surface area contributed by atoms with E-state index in [1.54, 1.807) is 16.5 Å². The summed E-state index contributed by atoms with van der Waals surface area (Å²) in [5, 5.41) is 13.3. The van der Waals surface area contributed by atoms with Crippen molar-refractivity contribution in [2.75, 3.05) is 13.1 Å². The van der Waals surface area contributed by atoms with Crippen LogP contribution in [0.5, 0.6) is 0 Å². The largest absolute Gasteiger partial charge is 0.478 e. The lowest BCUT2D eigenvalue weighted by Gasteiger charge is -2.32. The van der Waals surface area contributed by atoms with Gasteiger partial charge in [-0.25, -0.2) is 13.6 Å². The number of aromatic nitrogens is 2. The third kappa shape index (κ3) is 4.15. The molecule has 1 N–H and O–H groups in total. The predicted molar refractivity (Wildman–Crippen MR) is 93.5 cm³/mol. The standard InChI is InChI=1S/C19H21F2N3O3/c1-12-16(19(26)27)11-22-24(12)15-6-8-23(9-7-15)18(25)5-2-13-10-14(20)3-4-17(13)21/h3-4,10-11,15H,2,5-9H2,1H3,(H,26,27). The normalized spacial score (nSPS) is 15.1. The maximum atomic E-state index is 13.7. The molecule has 0 unspecified atom stereocenters. The second-order valence-electron chi connectivity index (χ2n) is 6.74. The molecule has 0 aliphatic carbocycles. The zero-order chi connectivity index (χ0) is 19.6. The van der Waals surface area contributed by atoms with Gasteiger partial charge in [0.2, 0.25) is 5.91 Å². The SMILES string of the molecule is Cc1c(C(=O)O)cnn1C1CCN(C(=O)CCc2cc(F)ccc2F)CC1. The second kappa shape index (κ2) is 7.85. The Morgan fingerprint density at radius 3 is 2.59 bits per heavy atom. The fourth-order valence-corrected chi connectivity index (χ4v) is 3.50. The number of carbonyl (C=O) groups excluding carboxylic acids is 1. The van der Waals surface area contributed by atoms with Crippen LogP contribution in [0.3, 0.4) is 0 Å². The van der Waals surface area contributed by atoms with Gasteiger partial charge in [0.15, 0.2) is 0 Å². The van der Waals surface area contributed by atoms with Crippen LogP contribution < -0.4 is 0 Å². The third-order valence-corrected chi connectivity index (χ3v) is 5.05. The molecule has 2 aromatic rings. The number of aryl methyl sites for hydroxylation is 1. The minimum Gasteiger partial charge on any atom is -0.478 e. The van der Waals surface area contributed by atoms with Crippen LogP contribution >= 0.6 is 0 Å². The van der Waals surface area contributed by atoms with Crippen molar-refractivity contribution in [1.29, 1.82) is 0 Å². The van der Waals surface area contributed by atoms with Crippen molar-refractivity contribution in [3.05, 3.63) is 52.9 Å². The number of amides is 1. The lowest BCUT2D eigenvalue weighted by atomic mass is 10.0. The van der Waals surface area contributed by atoms with E-state index in [0.29, 0.717) is 31.6 Å². The molecule has 0 bridgehead atoms. The smallest absolute Gasteiger partial charge is 0.339 e. The van der Waals surface area contributed by atoms with Gasteiger partial charge >= 0.3 is 5.97 Å². The Hall–Kier alpha value is -2.77. The molecule has 1 amide bonds. The number of nitrogens with zero attached hydrogens (tertiary/aromatic N) is 3. The van der Waals surface area contributed by atoms with E-state index in [9.17, 15) is 18.4 Å². The lowest BCUT2D eigenvalue weighted by molar-refractivity contribution is -0.132. The summed E-state index contributed by atoms with van der Waals surface area (Å²) in [6.45, 7) is 2.77. The Labute approximate surface area is 155 Å². The number of piperidine rings is 1. The average Bonchev–Trinajstić information content (AvgIpc) is 3.04. The number of carboxylic acids is 1. The maximum Gasteiger partial charge on any atom is 0.339 e. The highest BCUT2D eigenvalue weighted by Gasteiger charge is 2.26.